The van der Waals surface area contributed by atoms with E-state index < -0.39 is 5.97 Å². The molecule has 1 unspecified atom stereocenters. The number of amides is 2. The molecule has 2 N–H and O–H groups in total. The van der Waals surface area contributed by atoms with Crippen molar-refractivity contribution in [2.75, 3.05) is 19.6 Å². The van der Waals surface area contributed by atoms with Crippen LogP contribution >= 0.6 is 0 Å². The van der Waals surface area contributed by atoms with Crippen LogP contribution in [0.3, 0.4) is 0 Å². The fraction of sp³-hybridized carbons (Fsp3) is 0.875. The number of hydrogen-bond donors (Lipinski definition) is 2. The van der Waals surface area contributed by atoms with Gasteiger partial charge in [0.15, 0.2) is 0 Å². The molecule has 2 amide bonds. The SMILES string of the molecule is CCCC(CCNC(=O)N(CC)CC(C)C)CCC(=O)O. The smallest absolute Gasteiger partial charge is 0.317 e. The maximum Gasteiger partial charge on any atom is 0.317 e. The van der Waals surface area contributed by atoms with Crippen molar-refractivity contribution in [2.45, 2.75) is 59.8 Å². The zero-order chi connectivity index (χ0) is 16.3. The molecule has 0 aromatic heterocycles. The van der Waals surface area contributed by atoms with Gasteiger partial charge in [-0.1, -0.05) is 33.6 Å². The summed E-state index contributed by atoms with van der Waals surface area (Å²) in [7, 11) is 0. The number of carboxylic acid groups (broad SMARTS) is 1. The van der Waals surface area contributed by atoms with Crippen LogP contribution in [0.15, 0.2) is 0 Å². The van der Waals surface area contributed by atoms with E-state index in [0.717, 1.165) is 25.8 Å². The molecule has 0 spiro atoms. The summed E-state index contributed by atoms with van der Waals surface area (Å²) in [5.41, 5.74) is 0. The number of nitrogens with zero attached hydrogens (tertiary/aromatic N) is 1. The summed E-state index contributed by atoms with van der Waals surface area (Å²) in [5.74, 6) is 0.0971. The van der Waals surface area contributed by atoms with Gasteiger partial charge in [0.1, 0.15) is 0 Å². The van der Waals surface area contributed by atoms with E-state index in [9.17, 15) is 9.59 Å². The second-order valence-electron chi connectivity index (χ2n) is 6.04. The largest absolute Gasteiger partial charge is 0.481 e. The van der Waals surface area contributed by atoms with Gasteiger partial charge in [0.05, 0.1) is 0 Å². The molecule has 0 rings (SSSR count). The molecule has 0 fully saturated rings. The van der Waals surface area contributed by atoms with Crippen molar-refractivity contribution in [1.29, 1.82) is 0 Å². The molecule has 124 valence electrons. The van der Waals surface area contributed by atoms with Gasteiger partial charge in [0, 0.05) is 26.1 Å². The monoisotopic (exact) mass is 300 g/mol. The average Bonchev–Trinajstić information content (AvgIpc) is 2.41. The number of carboxylic acids is 1. The van der Waals surface area contributed by atoms with Crippen LogP contribution in [-0.2, 0) is 4.79 Å². The second-order valence-corrected chi connectivity index (χ2v) is 6.04. The highest BCUT2D eigenvalue weighted by molar-refractivity contribution is 5.74. The third-order valence-electron chi connectivity index (χ3n) is 3.55. The molecule has 0 aromatic carbocycles. The quantitative estimate of drug-likeness (QED) is 0.615. The van der Waals surface area contributed by atoms with Gasteiger partial charge in [-0.15, -0.1) is 0 Å². The summed E-state index contributed by atoms with van der Waals surface area (Å²) in [6, 6.07) is -0.0142. The number of hydrogen-bond acceptors (Lipinski definition) is 2. The van der Waals surface area contributed by atoms with Crippen LogP contribution in [0.2, 0.25) is 0 Å². The summed E-state index contributed by atoms with van der Waals surface area (Å²) >= 11 is 0. The first-order valence-corrected chi connectivity index (χ1v) is 8.15. The molecule has 0 heterocycles. The van der Waals surface area contributed by atoms with E-state index in [0.29, 0.717) is 31.3 Å². The van der Waals surface area contributed by atoms with Crippen molar-refractivity contribution in [3.8, 4) is 0 Å². The molecule has 1 atom stereocenters. The summed E-state index contributed by atoms with van der Waals surface area (Å²) < 4.78 is 0. The minimum absolute atomic E-state index is 0.0142. The molecule has 0 aliphatic carbocycles. The molecule has 0 aromatic rings. The van der Waals surface area contributed by atoms with E-state index in [1.807, 2.05) is 11.8 Å². The molecule has 5 nitrogen and oxygen atoms in total. The predicted octanol–water partition coefficient (Wildman–Crippen LogP) is 3.35. The Balaban J connectivity index is 4.10. The van der Waals surface area contributed by atoms with E-state index >= 15 is 0 Å². The lowest BCUT2D eigenvalue weighted by Gasteiger charge is -2.24. The van der Waals surface area contributed by atoms with Gasteiger partial charge in [-0.05, 0) is 31.6 Å². The Hall–Kier alpha value is -1.26. The van der Waals surface area contributed by atoms with Gasteiger partial charge in [-0.3, -0.25) is 4.79 Å². The molecular weight excluding hydrogens is 268 g/mol. The third kappa shape index (κ3) is 10.2. The molecular formula is C16H32N2O3. The number of rotatable bonds is 11. The van der Waals surface area contributed by atoms with Crippen LogP contribution in [0.1, 0.15) is 59.8 Å². The Morgan fingerprint density at radius 2 is 1.81 bits per heavy atom. The van der Waals surface area contributed by atoms with Crippen LogP contribution in [0.25, 0.3) is 0 Å². The summed E-state index contributed by atoms with van der Waals surface area (Å²) in [6.45, 7) is 10.4. The number of urea groups is 1. The maximum absolute atomic E-state index is 12.0. The molecule has 0 aliphatic rings. The van der Waals surface area contributed by atoms with E-state index in [2.05, 4.69) is 26.1 Å². The molecule has 0 bridgehead atoms. The van der Waals surface area contributed by atoms with Gasteiger partial charge < -0.3 is 15.3 Å². The summed E-state index contributed by atoms with van der Waals surface area (Å²) in [4.78, 5) is 24.5. The standard InChI is InChI=1S/C16H32N2O3/c1-5-7-14(8-9-15(19)20)10-11-17-16(21)18(6-2)12-13(3)4/h13-14H,5-12H2,1-4H3,(H,17,21)(H,19,20). The Labute approximate surface area is 129 Å². The Morgan fingerprint density at radius 1 is 1.14 bits per heavy atom. The molecule has 0 saturated heterocycles. The molecule has 21 heavy (non-hydrogen) atoms. The topological polar surface area (TPSA) is 69.6 Å². The highest BCUT2D eigenvalue weighted by atomic mass is 16.4. The van der Waals surface area contributed by atoms with E-state index in [1.165, 1.54) is 0 Å². The minimum Gasteiger partial charge on any atom is -0.481 e. The van der Waals surface area contributed by atoms with Crippen molar-refractivity contribution in [3.05, 3.63) is 0 Å². The molecule has 0 aliphatic heterocycles. The van der Waals surface area contributed by atoms with Gasteiger partial charge in [-0.2, -0.15) is 0 Å². The summed E-state index contributed by atoms with van der Waals surface area (Å²) in [5, 5.41) is 11.7. The van der Waals surface area contributed by atoms with Crippen LogP contribution in [-0.4, -0.2) is 41.6 Å². The van der Waals surface area contributed by atoms with Gasteiger partial charge >= 0.3 is 12.0 Å². The Morgan fingerprint density at radius 3 is 2.29 bits per heavy atom. The Bertz CT molecular complexity index is 306. The van der Waals surface area contributed by atoms with Crippen molar-refractivity contribution >= 4 is 12.0 Å². The first-order valence-electron chi connectivity index (χ1n) is 8.15. The van der Waals surface area contributed by atoms with Crippen LogP contribution < -0.4 is 5.32 Å². The van der Waals surface area contributed by atoms with Crippen molar-refractivity contribution in [3.63, 3.8) is 0 Å². The first kappa shape index (κ1) is 19.7. The lowest BCUT2D eigenvalue weighted by Crippen LogP contribution is -2.42. The summed E-state index contributed by atoms with van der Waals surface area (Å²) in [6.07, 6.45) is 3.83. The third-order valence-corrected chi connectivity index (χ3v) is 3.55. The zero-order valence-corrected chi connectivity index (χ0v) is 14.0. The lowest BCUT2D eigenvalue weighted by molar-refractivity contribution is -0.137. The number of carbonyl (C=O) groups excluding carboxylic acids is 1. The Kier molecular flexibility index (Phi) is 10.7. The number of nitrogens with one attached hydrogen (secondary N) is 1. The maximum atomic E-state index is 12.0. The van der Waals surface area contributed by atoms with Crippen molar-refractivity contribution in [1.82, 2.24) is 10.2 Å². The lowest BCUT2D eigenvalue weighted by atomic mass is 9.94. The number of carbonyl (C=O) groups is 2. The van der Waals surface area contributed by atoms with Crippen LogP contribution in [0.5, 0.6) is 0 Å². The van der Waals surface area contributed by atoms with E-state index in [-0.39, 0.29) is 12.5 Å². The highest BCUT2D eigenvalue weighted by Crippen LogP contribution is 2.17. The highest BCUT2D eigenvalue weighted by Gasteiger charge is 2.14. The predicted molar refractivity (Wildman–Crippen MR) is 85.4 cm³/mol. The van der Waals surface area contributed by atoms with E-state index in [1.54, 1.807) is 0 Å². The number of aliphatic carboxylic acids is 1. The minimum atomic E-state index is -0.741. The van der Waals surface area contributed by atoms with E-state index in [4.69, 9.17) is 5.11 Å². The first-order chi connectivity index (χ1) is 9.90. The van der Waals surface area contributed by atoms with Gasteiger partial charge in [0.25, 0.3) is 0 Å². The fourth-order valence-corrected chi connectivity index (χ4v) is 2.46. The second kappa shape index (κ2) is 11.4. The average molecular weight is 300 g/mol. The van der Waals surface area contributed by atoms with Crippen LogP contribution in [0, 0.1) is 11.8 Å². The molecule has 0 radical (unpaired) electrons. The van der Waals surface area contributed by atoms with Crippen molar-refractivity contribution < 1.29 is 14.7 Å². The van der Waals surface area contributed by atoms with Gasteiger partial charge in [-0.25, -0.2) is 4.79 Å². The normalized spacial score (nSPS) is 12.2. The molecule has 0 saturated carbocycles. The van der Waals surface area contributed by atoms with Crippen LogP contribution in [0.4, 0.5) is 4.79 Å². The fourth-order valence-electron chi connectivity index (χ4n) is 2.46. The zero-order valence-electron chi connectivity index (χ0n) is 14.0. The van der Waals surface area contributed by atoms with Crippen molar-refractivity contribution in [2.24, 2.45) is 11.8 Å². The van der Waals surface area contributed by atoms with Gasteiger partial charge in [0.2, 0.25) is 0 Å². The molecule has 5 heteroatoms.